The fourth-order valence-corrected chi connectivity index (χ4v) is 3.14. The second kappa shape index (κ2) is 5.48. The molecule has 1 unspecified atom stereocenters. The Morgan fingerprint density at radius 2 is 2.06 bits per heavy atom. The molecule has 1 saturated heterocycles. The van der Waals surface area contributed by atoms with Crippen LogP contribution in [0, 0.1) is 0 Å². The Bertz CT molecular complexity index is 212. The van der Waals surface area contributed by atoms with E-state index in [1.165, 1.54) is 25.7 Å². The summed E-state index contributed by atoms with van der Waals surface area (Å²) in [5.41, 5.74) is -0.395. The van der Waals surface area contributed by atoms with Gasteiger partial charge in [-0.15, -0.1) is 0 Å². The molecule has 3 heteroatoms. The molecule has 0 aromatic heterocycles. The quantitative estimate of drug-likeness (QED) is 0.795. The molecule has 0 amide bonds. The molecule has 3 nitrogen and oxygen atoms in total. The minimum Gasteiger partial charge on any atom is -0.389 e. The first-order chi connectivity index (χ1) is 7.72. The highest BCUT2D eigenvalue weighted by Crippen LogP contribution is 2.31. The molecule has 0 aromatic carbocycles. The van der Waals surface area contributed by atoms with Crippen LogP contribution in [-0.2, 0) is 4.74 Å². The van der Waals surface area contributed by atoms with Gasteiger partial charge in [-0.1, -0.05) is 12.8 Å². The third-order valence-corrected chi connectivity index (χ3v) is 3.92. The van der Waals surface area contributed by atoms with Crippen LogP contribution < -0.4 is 0 Å². The standard InChI is InChI=1S/C13H25NO2/c1-2-16-12-6-5-9-14(10-12)11-13(15)7-3-4-8-13/h12,15H,2-11H2,1H3. The van der Waals surface area contributed by atoms with E-state index < -0.39 is 5.60 Å². The first-order valence-corrected chi connectivity index (χ1v) is 6.78. The molecule has 2 fully saturated rings. The topological polar surface area (TPSA) is 32.7 Å². The van der Waals surface area contributed by atoms with Gasteiger partial charge in [0.2, 0.25) is 0 Å². The number of likely N-dealkylation sites (tertiary alicyclic amines) is 1. The highest BCUT2D eigenvalue weighted by atomic mass is 16.5. The third kappa shape index (κ3) is 3.19. The van der Waals surface area contributed by atoms with E-state index in [0.717, 1.165) is 39.1 Å². The summed E-state index contributed by atoms with van der Waals surface area (Å²) in [5, 5.41) is 10.4. The van der Waals surface area contributed by atoms with Crippen molar-refractivity contribution in [2.75, 3.05) is 26.2 Å². The average molecular weight is 227 g/mol. The van der Waals surface area contributed by atoms with Gasteiger partial charge in [0.15, 0.2) is 0 Å². The minimum atomic E-state index is -0.395. The number of hydrogen-bond acceptors (Lipinski definition) is 3. The molecular formula is C13H25NO2. The predicted octanol–water partition coefficient (Wildman–Crippen LogP) is 1.79. The largest absolute Gasteiger partial charge is 0.389 e. The second-order valence-electron chi connectivity index (χ2n) is 5.39. The van der Waals surface area contributed by atoms with Crippen molar-refractivity contribution in [2.45, 2.75) is 57.2 Å². The van der Waals surface area contributed by atoms with E-state index in [1.807, 2.05) is 0 Å². The Hall–Kier alpha value is -0.120. The van der Waals surface area contributed by atoms with Gasteiger partial charge >= 0.3 is 0 Å². The van der Waals surface area contributed by atoms with E-state index in [9.17, 15) is 5.11 Å². The smallest absolute Gasteiger partial charge is 0.0774 e. The van der Waals surface area contributed by atoms with Gasteiger partial charge in [0.05, 0.1) is 11.7 Å². The van der Waals surface area contributed by atoms with Gasteiger partial charge in [0.1, 0.15) is 0 Å². The molecular weight excluding hydrogens is 202 g/mol. The van der Waals surface area contributed by atoms with Crippen LogP contribution in [-0.4, -0.2) is 48.0 Å². The molecule has 1 aliphatic carbocycles. The Morgan fingerprint density at radius 1 is 1.31 bits per heavy atom. The molecule has 2 aliphatic rings. The van der Waals surface area contributed by atoms with Crippen molar-refractivity contribution in [1.29, 1.82) is 0 Å². The SMILES string of the molecule is CCOC1CCCN(CC2(O)CCCC2)C1. The summed E-state index contributed by atoms with van der Waals surface area (Å²) in [5.74, 6) is 0. The molecule has 1 aliphatic heterocycles. The maximum absolute atomic E-state index is 10.4. The lowest BCUT2D eigenvalue weighted by Gasteiger charge is -2.37. The van der Waals surface area contributed by atoms with Crippen LogP contribution in [0.15, 0.2) is 0 Å². The van der Waals surface area contributed by atoms with E-state index in [4.69, 9.17) is 4.74 Å². The molecule has 16 heavy (non-hydrogen) atoms. The van der Waals surface area contributed by atoms with Crippen LogP contribution in [0.1, 0.15) is 45.4 Å². The molecule has 1 atom stereocenters. The monoisotopic (exact) mass is 227 g/mol. The highest BCUT2D eigenvalue weighted by Gasteiger charge is 2.34. The summed E-state index contributed by atoms with van der Waals surface area (Å²) >= 11 is 0. The zero-order valence-electron chi connectivity index (χ0n) is 10.5. The van der Waals surface area contributed by atoms with Crippen LogP contribution in [0.3, 0.4) is 0 Å². The predicted molar refractivity (Wildman–Crippen MR) is 64.5 cm³/mol. The summed E-state index contributed by atoms with van der Waals surface area (Å²) in [6.07, 6.45) is 7.15. The highest BCUT2D eigenvalue weighted by molar-refractivity contribution is 4.89. The van der Waals surface area contributed by atoms with Gasteiger partial charge in [-0.3, -0.25) is 4.90 Å². The van der Waals surface area contributed by atoms with Gasteiger partial charge < -0.3 is 9.84 Å². The van der Waals surface area contributed by atoms with Crippen molar-refractivity contribution in [1.82, 2.24) is 4.90 Å². The van der Waals surface area contributed by atoms with Gasteiger partial charge in [0.25, 0.3) is 0 Å². The van der Waals surface area contributed by atoms with Gasteiger partial charge in [0, 0.05) is 19.7 Å². The molecule has 1 saturated carbocycles. The molecule has 1 heterocycles. The lowest BCUT2D eigenvalue weighted by atomic mass is 9.99. The molecule has 0 bridgehead atoms. The lowest BCUT2D eigenvalue weighted by Crippen LogP contribution is -2.47. The average Bonchev–Trinajstić information content (AvgIpc) is 2.66. The van der Waals surface area contributed by atoms with E-state index in [2.05, 4.69) is 11.8 Å². The third-order valence-electron chi connectivity index (χ3n) is 3.92. The Labute approximate surface area is 98.8 Å². The van der Waals surface area contributed by atoms with Crippen molar-refractivity contribution in [3.05, 3.63) is 0 Å². The van der Waals surface area contributed by atoms with Crippen molar-refractivity contribution >= 4 is 0 Å². The fraction of sp³-hybridized carbons (Fsp3) is 1.00. The van der Waals surface area contributed by atoms with E-state index in [0.29, 0.717) is 6.10 Å². The van der Waals surface area contributed by atoms with Crippen LogP contribution in [0.5, 0.6) is 0 Å². The van der Waals surface area contributed by atoms with Crippen LogP contribution in [0.4, 0.5) is 0 Å². The summed E-state index contributed by atoms with van der Waals surface area (Å²) in [7, 11) is 0. The normalized spacial score (nSPS) is 30.8. The Morgan fingerprint density at radius 3 is 2.75 bits per heavy atom. The van der Waals surface area contributed by atoms with E-state index in [-0.39, 0.29) is 0 Å². The zero-order valence-corrected chi connectivity index (χ0v) is 10.5. The Balaban J connectivity index is 1.80. The lowest BCUT2D eigenvalue weighted by molar-refractivity contribution is -0.0357. The van der Waals surface area contributed by atoms with Crippen LogP contribution >= 0.6 is 0 Å². The first-order valence-electron chi connectivity index (χ1n) is 6.78. The van der Waals surface area contributed by atoms with E-state index in [1.54, 1.807) is 0 Å². The number of rotatable bonds is 4. The maximum Gasteiger partial charge on any atom is 0.0774 e. The number of β-amino-alcohol motifs (C(OH)–C–C–N with tert-alkyl or cyclic N) is 1. The first kappa shape index (κ1) is 12.3. The maximum atomic E-state index is 10.4. The number of aliphatic hydroxyl groups is 1. The molecule has 2 rings (SSSR count). The number of hydrogen-bond donors (Lipinski definition) is 1. The summed E-state index contributed by atoms with van der Waals surface area (Å²) < 4.78 is 5.69. The molecule has 1 N–H and O–H groups in total. The number of nitrogens with zero attached hydrogens (tertiary/aromatic N) is 1. The van der Waals surface area contributed by atoms with Crippen molar-refractivity contribution in [3.63, 3.8) is 0 Å². The molecule has 0 spiro atoms. The Kier molecular flexibility index (Phi) is 4.22. The minimum absolute atomic E-state index is 0.392. The molecule has 0 radical (unpaired) electrons. The molecule has 0 aromatic rings. The van der Waals surface area contributed by atoms with Gasteiger partial charge in [-0.05, 0) is 39.2 Å². The second-order valence-corrected chi connectivity index (χ2v) is 5.39. The van der Waals surface area contributed by atoms with Crippen LogP contribution in [0.25, 0.3) is 0 Å². The van der Waals surface area contributed by atoms with Crippen LogP contribution in [0.2, 0.25) is 0 Å². The van der Waals surface area contributed by atoms with E-state index >= 15 is 0 Å². The van der Waals surface area contributed by atoms with Crippen molar-refractivity contribution in [2.24, 2.45) is 0 Å². The van der Waals surface area contributed by atoms with Gasteiger partial charge in [-0.25, -0.2) is 0 Å². The fourth-order valence-electron chi connectivity index (χ4n) is 3.14. The molecule has 94 valence electrons. The number of ether oxygens (including phenoxy) is 1. The van der Waals surface area contributed by atoms with Gasteiger partial charge in [-0.2, -0.15) is 0 Å². The van der Waals surface area contributed by atoms with Crippen molar-refractivity contribution < 1.29 is 9.84 Å². The van der Waals surface area contributed by atoms with Crippen molar-refractivity contribution in [3.8, 4) is 0 Å². The summed E-state index contributed by atoms with van der Waals surface area (Å²) in [4.78, 5) is 2.40. The summed E-state index contributed by atoms with van der Waals surface area (Å²) in [6, 6.07) is 0. The zero-order chi connectivity index (χ0) is 11.4. The number of piperidine rings is 1. The summed E-state index contributed by atoms with van der Waals surface area (Å²) in [6.45, 7) is 5.87.